The Kier molecular flexibility index (Phi) is 6.27. The second-order valence-electron chi connectivity index (χ2n) is 6.64. The lowest BCUT2D eigenvalue weighted by Gasteiger charge is -2.39. The molecule has 1 fully saturated rings. The van der Waals surface area contributed by atoms with E-state index in [-0.39, 0.29) is 12.0 Å². The van der Waals surface area contributed by atoms with Crippen molar-refractivity contribution in [3.63, 3.8) is 0 Å². The Morgan fingerprint density at radius 1 is 1.37 bits per heavy atom. The molecule has 4 nitrogen and oxygen atoms in total. The van der Waals surface area contributed by atoms with Crippen molar-refractivity contribution in [2.75, 3.05) is 33.8 Å². The molecule has 0 bridgehead atoms. The Morgan fingerprint density at radius 2 is 1.95 bits per heavy atom. The number of esters is 1. The molecule has 1 atom stereocenters. The maximum absolute atomic E-state index is 11.5. The number of piperidine rings is 1. The molecule has 0 aliphatic carbocycles. The highest BCUT2D eigenvalue weighted by Gasteiger charge is 2.29. The highest BCUT2D eigenvalue weighted by molar-refractivity contribution is 5.75. The molecule has 1 N–H and O–H groups in total. The summed E-state index contributed by atoms with van der Waals surface area (Å²) in [5.41, 5.74) is 0.422. The number of hydrogen-bond acceptors (Lipinski definition) is 4. The van der Waals surface area contributed by atoms with Gasteiger partial charge in [0.1, 0.15) is 6.04 Å². The van der Waals surface area contributed by atoms with Gasteiger partial charge in [-0.15, -0.1) is 0 Å². The second-order valence-corrected chi connectivity index (χ2v) is 6.64. The first-order valence-corrected chi connectivity index (χ1v) is 7.36. The van der Waals surface area contributed by atoms with E-state index in [2.05, 4.69) is 31.0 Å². The Labute approximate surface area is 117 Å². The number of carbonyl (C=O) groups is 1. The summed E-state index contributed by atoms with van der Waals surface area (Å²) >= 11 is 0. The van der Waals surface area contributed by atoms with Gasteiger partial charge in [-0.05, 0) is 50.7 Å². The predicted octanol–water partition coefficient (Wildman–Crippen LogP) is 1.90. The molecule has 1 unspecified atom stereocenters. The van der Waals surface area contributed by atoms with E-state index in [0.717, 1.165) is 32.0 Å². The molecule has 0 aromatic carbocycles. The third kappa shape index (κ3) is 5.11. The lowest BCUT2D eigenvalue weighted by molar-refractivity contribution is -0.143. The summed E-state index contributed by atoms with van der Waals surface area (Å²) in [6, 6.07) is -0.176. The molecule has 0 amide bonds. The topological polar surface area (TPSA) is 41.6 Å². The standard InChI is InChI=1S/C15H30N2O2/c1-15(2,3)12-6-9-17(10-7-12)11-8-13(16-4)14(18)19-5/h12-13,16H,6-11H2,1-5H3. The Morgan fingerprint density at radius 3 is 2.37 bits per heavy atom. The summed E-state index contributed by atoms with van der Waals surface area (Å²) in [7, 11) is 3.26. The number of likely N-dealkylation sites (N-methyl/N-ethyl adjacent to an activating group) is 1. The molecule has 1 aliphatic rings. The average molecular weight is 270 g/mol. The third-order valence-electron chi connectivity index (χ3n) is 4.38. The number of hydrogen-bond donors (Lipinski definition) is 1. The first-order valence-electron chi connectivity index (χ1n) is 7.36. The molecule has 1 saturated heterocycles. The molecule has 0 spiro atoms. The second kappa shape index (κ2) is 7.25. The van der Waals surface area contributed by atoms with Crippen molar-refractivity contribution in [2.24, 2.45) is 11.3 Å². The van der Waals surface area contributed by atoms with E-state index in [1.54, 1.807) is 0 Å². The fourth-order valence-electron chi connectivity index (χ4n) is 2.86. The van der Waals surface area contributed by atoms with Crippen LogP contribution in [-0.2, 0) is 9.53 Å². The predicted molar refractivity (Wildman–Crippen MR) is 78.1 cm³/mol. The van der Waals surface area contributed by atoms with E-state index in [1.165, 1.54) is 20.0 Å². The lowest BCUT2D eigenvalue weighted by Crippen LogP contribution is -2.42. The third-order valence-corrected chi connectivity index (χ3v) is 4.38. The average Bonchev–Trinajstić information content (AvgIpc) is 2.38. The number of nitrogens with one attached hydrogen (secondary N) is 1. The van der Waals surface area contributed by atoms with Crippen LogP contribution in [0, 0.1) is 11.3 Å². The summed E-state index contributed by atoms with van der Waals surface area (Å²) in [6.07, 6.45) is 3.36. The van der Waals surface area contributed by atoms with Crippen LogP contribution < -0.4 is 5.32 Å². The number of likely N-dealkylation sites (tertiary alicyclic amines) is 1. The largest absolute Gasteiger partial charge is 0.468 e. The summed E-state index contributed by atoms with van der Waals surface area (Å²) in [4.78, 5) is 14.0. The molecular weight excluding hydrogens is 240 g/mol. The molecule has 1 heterocycles. The molecule has 1 rings (SSSR count). The highest BCUT2D eigenvalue weighted by Crippen LogP contribution is 2.34. The van der Waals surface area contributed by atoms with Crippen LogP contribution >= 0.6 is 0 Å². The molecule has 0 aromatic heterocycles. The zero-order valence-corrected chi connectivity index (χ0v) is 13.2. The molecule has 1 aliphatic heterocycles. The molecular formula is C15H30N2O2. The summed E-state index contributed by atoms with van der Waals surface area (Å²) in [5, 5.41) is 3.02. The van der Waals surface area contributed by atoms with Gasteiger partial charge in [-0.3, -0.25) is 4.79 Å². The van der Waals surface area contributed by atoms with Crippen LogP contribution in [-0.4, -0.2) is 50.7 Å². The van der Waals surface area contributed by atoms with Crippen molar-refractivity contribution in [2.45, 2.75) is 46.1 Å². The van der Waals surface area contributed by atoms with Gasteiger partial charge in [-0.2, -0.15) is 0 Å². The van der Waals surface area contributed by atoms with Crippen molar-refractivity contribution < 1.29 is 9.53 Å². The Balaban J connectivity index is 2.31. The fourth-order valence-corrected chi connectivity index (χ4v) is 2.86. The Hall–Kier alpha value is -0.610. The van der Waals surface area contributed by atoms with E-state index in [0.29, 0.717) is 5.41 Å². The maximum atomic E-state index is 11.5. The van der Waals surface area contributed by atoms with Crippen molar-refractivity contribution in [3.8, 4) is 0 Å². The van der Waals surface area contributed by atoms with Gasteiger partial charge in [0.2, 0.25) is 0 Å². The zero-order valence-electron chi connectivity index (χ0n) is 13.2. The lowest BCUT2D eigenvalue weighted by atomic mass is 9.75. The van der Waals surface area contributed by atoms with E-state index in [4.69, 9.17) is 4.74 Å². The molecule has 0 radical (unpaired) electrons. The van der Waals surface area contributed by atoms with Gasteiger partial charge in [0, 0.05) is 6.54 Å². The van der Waals surface area contributed by atoms with E-state index >= 15 is 0 Å². The maximum Gasteiger partial charge on any atom is 0.322 e. The molecule has 4 heteroatoms. The van der Waals surface area contributed by atoms with Crippen molar-refractivity contribution in [1.82, 2.24) is 10.2 Å². The van der Waals surface area contributed by atoms with Crippen molar-refractivity contribution in [3.05, 3.63) is 0 Å². The summed E-state index contributed by atoms with van der Waals surface area (Å²) in [6.45, 7) is 10.3. The summed E-state index contributed by atoms with van der Waals surface area (Å²) < 4.78 is 4.78. The smallest absolute Gasteiger partial charge is 0.322 e. The number of carbonyl (C=O) groups excluding carboxylic acids is 1. The first kappa shape index (κ1) is 16.4. The van der Waals surface area contributed by atoms with Gasteiger partial charge in [0.25, 0.3) is 0 Å². The molecule has 19 heavy (non-hydrogen) atoms. The molecule has 112 valence electrons. The fraction of sp³-hybridized carbons (Fsp3) is 0.933. The Bertz CT molecular complexity index is 278. The highest BCUT2D eigenvalue weighted by atomic mass is 16.5. The van der Waals surface area contributed by atoms with Gasteiger partial charge in [0.05, 0.1) is 7.11 Å². The zero-order chi connectivity index (χ0) is 14.5. The number of methoxy groups -OCH3 is 1. The van der Waals surface area contributed by atoms with Crippen LogP contribution in [0.1, 0.15) is 40.0 Å². The van der Waals surface area contributed by atoms with Gasteiger partial charge >= 0.3 is 5.97 Å². The van der Waals surface area contributed by atoms with Crippen LogP contribution in [0.25, 0.3) is 0 Å². The van der Waals surface area contributed by atoms with E-state index in [9.17, 15) is 4.79 Å². The van der Waals surface area contributed by atoms with E-state index < -0.39 is 0 Å². The van der Waals surface area contributed by atoms with Crippen LogP contribution in [0.15, 0.2) is 0 Å². The normalized spacial score (nSPS) is 20.3. The first-order chi connectivity index (χ1) is 8.88. The van der Waals surface area contributed by atoms with Gasteiger partial charge < -0.3 is 15.0 Å². The number of nitrogens with zero attached hydrogens (tertiary/aromatic N) is 1. The number of ether oxygens (including phenoxy) is 1. The van der Waals surface area contributed by atoms with E-state index in [1.807, 2.05) is 7.05 Å². The van der Waals surface area contributed by atoms with Crippen LogP contribution in [0.3, 0.4) is 0 Å². The minimum atomic E-state index is -0.176. The quantitative estimate of drug-likeness (QED) is 0.775. The SMILES string of the molecule is CNC(CCN1CCC(C(C)(C)C)CC1)C(=O)OC. The molecule has 0 saturated carbocycles. The molecule has 0 aromatic rings. The minimum absolute atomic E-state index is 0.160. The van der Waals surface area contributed by atoms with Crippen LogP contribution in [0.2, 0.25) is 0 Å². The van der Waals surface area contributed by atoms with Gasteiger partial charge in [0.15, 0.2) is 0 Å². The van der Waals surface area contributed by atoms with Gasteiger partial charge in [-0.1, -0.05) is 20.8 Å². The number of rotatable bonds is 5. The van der Waals surface area contributed by atoms with Crippen LogP contribution in [0.5, 0.6) is 0 Å². The van der Waals surface area contributed by atoms with Crippen LogP contribution in [0.4, 0.5) is 0 Å². The monoisotopic (exact) mass is 270 g/mol. The minimum Gasteiger partial charge on any atom is -0.468 e. The summed E-state index contributed by atoms with van der Waals surface area (Å²) in [5.74, 6) is 0.663. The van der Waals surface area contributed by atoms with Crippen molar-refractivity contribution >= 4 is 5.97 Å². The van der Waals surface area contributed by atoms with Gasteiger partial charge in [-0.25, -0.2) is 0 Å². The van der Waals surface area contributed by atoms with Crippen molar-refractivity contribution in [1.29, 1.82) is 0 Å².